The summed E-state index contributed by atoms with van der Waals surface area (Å²) >= 11 is 0. The molecule has 0 aliphatic heterocycles. The Balaban J connectivity index is 2.61. The van der Waals surface area contributed by atoms with Crippen LogP contribution in [0.5, 0.6) is 0 Å². The number of likely N-dealkylation sites (N-methyl/N-ethyl adjacent to an activating group) is 1. The van der Waals surface area contributed by atoms with Crippen molar-refractivity contribution in [3.05, 3.63) is 29.3 Å². The summed E-state index contributed by atoms with van der Waals surface area (Å²) in [5, 5.41) is 12.4. The number of carboxylic acids is 1. The van der Waals surface area contributed by atoms with E-state index in [0.29, 0.717) is 11.3 Å². The Hall–Kier alpha value is -1.55. The van der Waals surface area contributed by atoms with Crippen LogP contribution < -0.4 is 5.32 Å². The lowest BCUT2D eigenvalue weighted by atomic mass is 10.1. The average molecular weight is 264 g/mol. The molecular weight excluding hydrogens is 240 g/mol. The Morgan fingerprint density at radius 1 is 1.32 bits per heavy atom. The van der Waals surface area contributed by atoms with E-state index in [9.17, 15) is 4.79 Å². The monoisotopic (exact) mass is 264 g/mol. The van der Waals surface area contributed by atoms with Gasteiger partial charge in [0.25, 0.3) is 0 Å². The van der Waals surface area contributed by atoms with Crippen LogP contribution in [0.25, 0.3) is 0 Å². The number of nitrogens with zero attached hydrogens (tertiary/aromatic N) is 1. The van der Waals surface area contributed by atoms with Crippen LogP contribution in [0.4, 0.5) is 5.69 Å². The van der Waals surface area contributed by atoms with Crippen LogP contribution in [-0.4, -0.2) is 42.2 Å². The Bertz CT molecular complexity index is 419. The normalized spacial score (nSPS) is 10.7. The smallest absolute Gasteiger partial charge is 0.337 e. The molecule has 0 heterocycles. The first-order chi connectivity index (χ1) is 9.08. The highest BCUT2D eigenvalue weighted by Gasteiger charge is 2.09. The quantitative estimate of drug-likeness (QED) is 0.758. The van der Waals surface area contributed by atoms with Gasteiger partial charge in [-0.25, -0.2) is 4.79 Å². The van der Waals surface area contributed by atoms with Gasteiger partial charge in [0.05, 0.1) is 5.56 Å². The van der Waals surface area contributed by atoms with Gasteiger partial charge in [-0.3, -0.25) is 0 Å². The molecule has 0 saturated heterocycles. The SMILES string of the molecule is CCCN(CC)CCNc1cc(C)ccc1C(=O)O. The number of carbonyl (C=O) groups is 1. The highest BCUT2D eigenvalue weighted by molar-refractivity contribution is 5.94. The predicted molar refractivity (Wildman–Crippen MR) is 79.0 cm³/mol. The van der Waals surface area contributed by atoms with Gasteiger partial charge in [-0.15, -0.1) is 0 Å². The largest absolute Gasteiger partial charge is 0.478 e. The summed E-state index contributed by atoms with van der Waals surface area (Å²) in [6.07, 6.45) is 1.14. The van der Waals surface area contributed by atoms with E-state index in [1.807, 2.05) is 19.1 Å². The Labute approximate surface area is 115 Å². The molecule has 0 aliphatic carbocycles. The van der Waals surface area contributed by atoms with Gasteiger partial charge in [-0.1, -0.05) is 19.9 Å². The van der Waals surface area contributed by atoms with Crippen LogP contribution in [-0.2, 0) is 0 Å². The van der Waals surface area contributed by atoms with Gasteiger partial charge in [0.15, 0.2) is 0 Å². The van der Waals surface area contributed by atoms with E-state index in [1.165, 1.54) is 0 Å². The molecule has 19 heavy (non-hydrogen) atoms. The third kappa shape index (κ3) is 4.91. The van der Waals surface area contributed by atoms with E-state index in [4.69, 9.17) is 5.11 Å². The molecule has 106 valence electrons. The Kier molecular flexibility index (Phi) is 6.36. The second-order valence-corrected chi connectivity index (χ2v) is 4.72. The molecule has 4 heteroatoms. The van der Waals surface area contributed by atoms with E-state index in [0.717, 1.165) is 38.2 Å². The molecule has 0 fully saturated rings. The molecule has 0 saturated carbocycles. The van der Waals surface area contributed by atoms with E-state index >= 15 is 0 Å². The topological polar surface area (TPSA) is 52.6 Å². The van der Waals surface area contributed by atoms with Gasteiger partial charge in [-0.05, 0) is 44.1 Å². The van der Waals surface area contributed by atoms with E-state index < -0.39 is 5.97 Å². The van der Waals surface area contributed by atoms with Crippen molar-refractivity contribution in [3.63, 3.8) is 0 Å². The number of aromatic carboxylic acids is 1. The summed E-state index contributed by atoms with van der Waals surface area (Å²) in [5.41, 5.74) is 2.11. The van der Waals surface area contributed by atoms with Crippen LogP contribution in [0.3, 0.4) is 0 Å². The minimum atomic E-state index is -0.886. The number of hydrogen-bond donors (Lipinski definition) is 2. The summed E-state index contributed by atoms with van der Waals surface area (Å²) in [7, 11) is 0. The lowest BCUT2D eigenvalue weighted by molar-refractivity contribution is 0.0698. The van der Waals surface area contributed by atoms with Crippen molar-refractivity contribution in [3.8, 4) is 0 Å². The van der Waals surface area contributed by atoms with Gasteiger partial charge in [0, 0.05) is 18.8 Å². The third-order valence-corrected chi connectivity index (χ3v) is 3.14. The van der Waals surface area contributed by atoms with Crippen molar-refractivity contribution >= 4 is 11.7 Å². The van der Waals surface area contributed by atoms with Crippen molar-refractivity contribution in [1.29, 1.82) is 0 Å². The van der Waals surface area contributed by atoms with Crippen LogP contribution in [0, 0.1) is 6.92 Å². The maximum atomic E-state index is 11.1. The Morgan fingerprint density at radius 2 is 2.05 bits per heavy atom. The fraction of sp³-hybridized carbons (Fsp3) is 0.533. The first kappa shape index (κ1) is 15.5. The van der Waals surface area contributed by atoms with Crippen molar-refractivity contribution in [2.24, 2.45) is 0 Å². The molecular formula is C15H24N2O2. The number of rotatable bonds is 8. The molecule has 0 amide bonds. The number of carboxylic acid groups (broad SMARTS) is 1. The number of benzene rings is 1. The molecule has 1 aromatic rings. The minimum Gasteiger partial charge on any atom is -0.478 e. The number of nitrogens with one attached hydrogen (secondary N) is 1. The molecule has 1 rings (SSSR count). The predicted octanol–water partition coefficient (Wildman–Crippen LogP) is 2.84. The third-order valence-electron chi connectivity index (χ3n) is 3.14. The van der Waals surface area contributed by atoms with Crippen molar-refractivity contribution in [2.45, 2.75) is 27.2 Å². The zero-order chi connectivity index (χ0) is 14.3. The molecule has 0 radical (unpaired) electrons. The van der Waals surface area contributed by atoms with Gasteiger partial charge in [0.2, 0.25) is 0 Å². The van der Waals surface area contributed by atoms with Gasteiger partial charge in [-0.2, -0.15) is 0 Å². The highest BCUT2D eigenvalue weighted by atomic mass is 16.4. The number of anilines is 1. The molecule has 0 aliphatic rings. The minimum absolute atomic E-state index is 0.337. The second kappa shape index (κ2) is 7.79. The van der Waals surface area contributed by atoms with Gasteiger partial charge < -0.3 is 15.3 Å². The average Bonchev–Trinajstić information content (AvgIpc) is 2.37. The van der Waals surface area contributed by atoms with Crippen LogP contribution in [0.15, 0.2) is 18.2 Å². The summed E-state index contributed by atoms with van der Waals surface area (Å²) in [6, 6.07) is 5.37. The van der Waals surface area contributed by atoms with Crippen molar-refractivity contribution in [1.82, 2.24) is 4.90 Å². The highest BCUT2D eigenvalue weighted by Crippen LogP contribution is 2.17. The summed E-state index contributed by atoms with van der Waals surface area (Å²) in [5.74, 6) is -0.886. The van der Waals surface area contributed by atoms with Crippen molar-refractivity contribution in [2.75, 3.05) is 31.5 Å². The molecule has 0 atom stereocenters. The van der Waals surface area contributed by atoms with Gasteiger partial charge in [0.1, 0.15) is 0 Å². The Morgan fingerprint density at radius 3 is 2.63 bits per heavy atom. The maximum Gasteiger partial charge on any atom is 0.337 e. The fourth-order valence-electron chi connectivity index (χ4n) is 2.08. The van der Waals surface area contributed by atoms with E-state index in [1.54, 1.807) is 6.07 Å². The molecule has 0 unspecified atom stereocenters. The zero-order valence-electron chi connectivity index (χ0n) is 12.1. The molecule has 4 nitrogen and oxygen atoms in total. The molecule has 0 spiro atoms. The van der Waals surface area contributed by atoms with Crippen molar-refractivity contribution < 1.29 is 9.90 Å². The van der Waals surface area contributed by atoms with Gasteiger partial charge >= 0.3 is 5.97 Å². The molecule has 1 aromatic carbocycles. The molecule has 0 bridgehead atoms. The van der Waals surface area contributed by atoms with E-state index in [-0.39, 0.29) is 0 Å². The van der Waals surface area contributed by atoms with Crippen LogP contribution in [0.2, 0.25) is 0 Å². The lowest BCUT2D eigenvalue weighted by Crippen LogP contribution is -2.29. The fourth-order valence-corrected chi connectivity index (χ4v) is 2.08. The summed E-state index contributed by atoms with van der Waals surface area (Å²) < 4.78 is 0. The summed E-state index contributed by atoms with van der Waals surface area (Å²) in [4.78, 5) is 13.5. The molecule has 0 aromatic heterocycles. The first-order valence-electron chi connectivity index (χ1n) is 6.88. The van der Waals surface area contributed by atoms with Crippen LogP contribution in [0.1, 0.15) is 36.2 Å². The summed E-state index contributed by atoms with van der Waals surface area (Å²) in [6.45, 7) is 10.1. The zero-order valence-corrected chi connectivity index (χ0v) is 12.1. The molecule has 2 N–H and O–H groups in total. The lowest BCUT2D eigenvalue weighted by Gasteiger charge is -2.20. The second-order valence-electron chi connectivity index (χ2n) is 4.72. The van der Waals surface area contributed by atoms with E-state index in [2.05, 4.69) is 24.1 Å². The maximum absolute atomic E-state index is 11.1. The number of hydrogen-bond acceptors (Lipinski definition) is 3. The number of aryl methyl sites for hydroxylation is 1. The first-order valence-corrected chi connectivity index (χ1v) is 6.88. The van der Waals surface area contributed by atoms with Crippen LogP contribution >= 0.6 is 0 Å². The standard InChI is InChI=1S/C15H24N2O2/c1-4-9-17(5-2)10-8-16-14-11-12(3)6-7-13(14)15(18)19/h6-7,11,16H,4-5,8-10H2,1-3H3,(H,18,19).